The zero-order valence-electron chi connectivity index (χ0n) is 8.49. The van der Waals surface area contributed by atoms with Crippen LogP contribution in [-0.4, -0.2) is 33.1 Å². The number of ether oxygens (including phenoxy) is 3. The van der Waals surface area contributed by atoms with E-state index >= 15 is 0 Å². The number of esters is 1. The van der Waals surface area contributed by atoms with E-state index in [1.54, 1.807) is 27.2 Å². The Bertz CT molecular complexity index is 182. The summed E-state index contributed by atoms with van der Waals surface area (Å²) in [5.41, 5.74) is 0. The highest BCUT2D eigenvalue weighted by Gasteiger charge is 2.20. The van der Waals surface area contributed by atoms with Gasteiger partial charge in [-0.2, -0.15) is 0 Å². The molecular weight excluding hydrogens is 172 g/mol. The molecule has 0 amide bonds. The molecule has 0 aromatic rings. The van der Waals surface area contributed by atoms with Crippen molar-refractivity contribution in [1.82, 2.24) is 0 Å². The number of carbonyl (C=O) groups is 1. The molecule has 0 atom stereocenters. The van der Waals surface area contributed by atoms with Crippen LogP contribution in [0.25, 0.3) is 0 Å². The molecule has 0 aliphatic rings. The van der Waals surface area contributed by atoms with Crippen LogP contribution in [0.2, 0.25) is 0 Å². The minimum Gasteiger partial charge on any atom is -0.466 e. The second-order valence-electron chi connectivity index (χ2n) is 2.67. The molecule has 76 valence electrons. The Morgan fingerprint density at radius 1 is 1.31 bits per heavy atom. The highest BCUT2D eigenvalue weighted by molar-refractivity contribution is 5.81. The summed E-state index contributed by atoms with van der Waals surface area (Å²) in [6, 6.07) is 0. The van der Waals surface area contributed by atoms with E-state index in [1.165, 1.54) is 13.2 Å². The fourth-order valence-corrected chi connectivity index (χ4v) is 0.687. The summed E-state index contributed by atoms with van der Waals surface area (Å²) in [7, 11) is 4.43. The first-order valence-electron chi connectivity index (χ1n) is 3.93. The van der Waals surface area contributed by atoms with Crippen molar-refractivity contribution in [2.24, 2.45) is 0 Å². The molecule has 0 unspecified atom stereocenters. The van der Waals surface area contributed by atoms with E-state index in [-0.39, 0.29) is 5.97 Å². The van der Waals surface area contributed by atoms with Crippen molar-refractivity contribution in [3.8, 4) is 0 Å². The van der Waals surface area contributed by atoms with Crippen LogP contribution in [0.3, 0.4) is 0 Å². The van der Waals surface area contributed by atoms with Crippen molar-refractivity contribution in [1.29, 1.82) is 0 Å². The molecule has 0 aromatic carbocycles. The first-order chi connectivity index (χ1) is 6.08. The van der Waals surface area contributed by atoms with Crippen LogP contribution in [-0.2, 0) is 19.0 Å². The van der Waals surface area contributed by atoms with E-state index < -0.39 is 5.79 Å². The summed E-state index contributed by atoms with van der Waals surface area (Å²) >= 11 is 0. The molecule has 13 heavy (non-hydrogen) atoms. The topological polar surface area (TPSA) is 44.8 Å². The van der Waals surface area contributed by atoms with Crippen LogP contribution in [0.15, 0.2) is 12.2 Å². The normalized spacial score (nSPS) is 12.0. The predicted octanol–water partition coefficient (Wildman–Crippen LogP) is 1.11. The average molecular weight is 188 g/mol. The standard InChI is InChI=1S/C9H16O4/c1-9(12-3,13-4)7-5-6-8(10)11-2/h5-6H,7H2,1-4H3/b6-5+. The highest BCUT2D eigenvalue weighted by Crippen LogP contribution is 2.15. The number of rotatable bonds is 5. The third-order valence-electron chi connectivity index (χ3n) is 1.81. The Balaban J connectivity index is 3.98. The van der Waals surface area contributed by atoms with Gasteiger partial charge in [0.25, 0.3) is 0 Å². The molecule has 0 spiro atoms. The van der Waals surface area contributed by atoms with Gasteiger partial charge in [-0.1, -0.05) is 6.08 Å². The number of hydrogen-bond acceptors (Lipinski definition) is 4. The van der Waals surface area contributed by atoms with Gasteiger partial charge in [0.05, 0.1) is 7.11 Å². The molecule has 0 bridgehead atoms. The Kier molecular flexibility index (Phi) is 5.34. The average Bonchev–Trinajstić information content (AvgIpc) is 2.17. The summed E-state index contributed by atoms with van der Waals surface area (Å²) in [6.45, 7) is 1.79. The van der Waals surface area contributed by atoms with Gasteiger partial charge in [0.2, 0.25) is 0 Å². The Hall–Kier alpha value is -0.870. The monoisotopic (exact) mass is 188 g/mol. The van der Waals surface area contributed by atoms with Gasteiger partial charge in [0.15, 0.2) is 5.79 Å². The van der Waals surface area contributed by atoms with Crippen molar-refractivity contribution in [2.75, 3.05) is 21.3 Å². The molecule has 0 radical (unpaired) electrons. The SMILES string of the molecule is COC(=O)/C=C/CC(C)(OC)OC. The van der Waals surface area contributed by atoms with Crippen LogP contribution in [0, 0.1) is 0 Å². The number of methoxy groups -OCH3 is 3. The lowest BCUT2D eigenvalue weighted by molar-refractivity contribution is -0.190. The molecule has 0 heterocycles. The maximum absolute atomic E-state index is 10.7. The molecule has 4 nitrogen and oxygen atoms in total. The Labute approximate surface area is 78.5 Å². The van der Waals surface area contributed by atoms with Gasteiger partial charge in [-0.25, -0.2) is 4.79 Å². The molecule has 0 fully saturated rings. The van der Waals surface area contributed by atoms with E-state index in [0.29, 0.717) is 6.42 Å². The third kappa shape index (κ3) is 4.65. The van der Waals surface area contributed by atoms with Crippen LogP contribution in [0.1, 0.15) is 13.3 Å². The van der Waals surface area contributed by atoms with E-state index in [2.05, 4.69) is 4.74 Å². The second kappa shape index (κ2) is 5.72. The summed E-state index contributed by atoms with van der Waals surface area (Å²) in [5, 5.41) is 0. The Morgan fingerprint density at radius 2 is 1.85 bits per heavy atom. The molecule has 0 aliphatic heterocycles. The van der Waals surface area contributed by atoms with Gasteiger partial charge in [0.1, 0.15) is 0 Å². The number of hydrogen-bond donors (Lipinski definition) is 0. The zero-order valence-corrected chi connectivity index (χ0v) is 8.49. The maximum Gasteiger partial charge on any atom is 0.330 e. The van der Waals surface area contributed by atoms with Crippen molar-refractivity contribution >= 4 is 5.97 Å². The van der Waals surface area contributed by atoms with Gasteiger partial charge >= 0.3 is 5.97 Å². The lowest BCUT2D eigenvalue weighted by Crippen LogP contribution is -2.28. The molecule has 0 rings (SSSR count). The fourth-order valence-electron chi connectivity index (χ4n) is 0.687. The molecular formula is C9H16O4. The fraction of sp³-hybridized carbons (Fsp3) is 0.667. The summed E-state index contributed by atoms with van der Waals surface area (Å²) in [6.07, 6.45) is 3.49. The molecule has 4 heteroatoms. The van der Waals surface area contributed by atoms with Gasteiger partial charge in [-0.05, 0) is 6.92 Å². The largest absolute Gasteiger partial charge is 0.466 e. The smallest absolute Gasteiger partial charge is 0.330 e. The van der Waals surface area contributed by atoms with E-state index in [1.807, 2.05) is 0 Å². The van der Waals surface area contributed by atoms with Crippen LogP contribution in [0.4, 0.5) is 0 Å². The summed E-state index contributed by atoms with van der Waals surface area (Å²) < 4.78 is 14.6. The van der Waals surface area contributed by atoms with Crippen molar-refractivity contribution in [3.05, 3.63) is 12.2 Å². The van der Waals surface area contributed by atoms with Crippen molar-refractivity contribution < 1.29 is 19.0 Å². The lowest BCUT2D eigenvalue weighted by Gasteiger charge is -2.24. The molecule has 0 aliphatic carbocycles. The Morgan fingerprint density at radius 3 is 2.23 bits per heavy atom. The first-order valence-corrected chi connectivity index (χ1v) is 3.93. The molecule has 0 N–H and O–H groups in total. The summed E-state index contributed by atoms with van der Waals surface area (Å²) in [4.78, 5) is 10.7. The number of carbonyl (C=O) groups excluding carboxylic acids is 1. The minimum absolute atomic E-state index is 0.380. The predicted molar refractivity (Wildman–Crippen MR) is 48.2 cm³/mol. The highest BCUT2D eigenvalue weighted by atomic mass is 16.7. The molecule has 0 saturated carbocycles. The second-order valence-corrected chi connectivity index (χ2v) is 2.67. The summed E-state index contributed by atoms with van der Waals surface area (Å²) in [5.74, 6) is -1.06. The third-order valence-corrected chi connectivity index (χ3v) is 1.81. The van der Waals surface area contributed by atoms with Crippen LogP contribution >= 0.6 is 0 Å². The van der Waals surface area contributed by atoms with E-state index in [9.17, 15) is 4.79 Å². The van der Waals surface area contributed by atoms with E-state index in [0.717, 1.165) is 0 Å². The lowest BCUT2D eigenvalue weighted by atomic mass is 10.2. The van der Waals surface area contributed by atoms with Crippen molar-refractivity contribution in [3.63, 3.8) is 0 Å². The quantitative estimate of drug-likeness (QED) is 0.368. The zero-order chi connectivity index (χ0) is 10.3. The maximum atomic E-state index is 10.7. The van der Waals surface area contributed by atoms with Gasteiger partial charge in [-0.15, -0.1) is 0 Å². The van der Waals surface area contributed by atoms with Crippen LogP contribution < -0.4 is 0 Å². The molecule has 0 saturated heterocycles. The van der Waals surface area contributed by atoms with E-state index in [4.69, 9.17) is 9.47 Å². The minimum atomic E-state index is -0.676. The first kappa shape index (κ1) is 12.1. The van der Waals surface area contributed by atoms with Gasteiger partial charge in [0, 0.05) is 26.7 Å². The van der Waals surface area contributed by atoms with Crippen LogP contribution in [0.5, 0.6) is 0 Å². The molecule has 0 aromatic heterocycles. The van der Waals surface area contributed by atoms with Crippen molar-refractivity contribution in [2.45, 2.75) is 19.1 Å². The van der Waals surface area contributed by atoms with Gasteiger partial charge in [-0.3, -0.25) is 0 Å². The van der Waals surface area contributed by atoms with Gasteiger partial charge < -0.3 is 14.2 Å².